The van der Waals surface area contributed by atoms with Gasteiger partial charge in [-0.25, -0.2) is 0 Å². The molecule has 2 fully saturated rings. The molecule has 0 radical (unpaired) electrons. The summed E-state index contributed by atoms with van der Waals surface area (Å²) in [5.74, 6) is -0.227. The summed E-state index contributed by atoms with van der Waals surface area (Å²) in [5, 5.41) is 40.3. The van der Waals surface area contributed by atoms with Crippen LogP contribution in [0.2, 0.25) is 0 Å². The van der Waals surface area contributed by atoms with Gasteiger partial charge in [-0.05, 0) is 32.1 Å². The predicted molar refractivity (Wildman–Crippen MR) is 99.6 cm³/mol. The lowest BCUT2D eigenvalue weighted by Gasteiger charge is -2.35. The summed E-state index contributed by atoms with van der Waals surface area (Å²) >= 11 is 0. The number of amides is 1. The van der Waals surface area contributed by atoms with E-state index in [1.165, 1.54) is 0 Å². The van der Waals surface area contributed by atoms with Gasteiger partial charge in [0.2, 0.25) is 5.91 Å². The van der Waals surface area contributed by atoms with Crippen molar-refractivity contribution >= 4 is 5.91 Å². The molecule has 9 nitrogen and oxygen atoms in total. The van der Waals surface area contributed by atoms with Crippen molar-refractivity contribution in [1.82, 2.24) is 4.90 Å². The van der Waals surface area contributed by atoms with Crippen molar-refractivity contribution in [3.8, 4) is 0 Å². The molecule has 2 aliphatic rings. The molecule has 2 rings (SSSR count). The maximum absolute atomic E-state index is 12.9. The van der Waals surface area contributed by atoms with Crippen molar-refractivity contribution in [2.75, 3.05) is 52.7 Å². The quantitative estimate of drug-likeness (QED) is 0.466. The van der Waals surface area contributed by atoms with Crippen LogP contribution in [-0.4, -0.2) is 108 Å². The van der Waals surface area contributed by atoms with E-state index in [2.05, 4.69) is 0 Å². The molecular formula is C19H35NO8. The van der Waals surface area contributed by atoms with E-state index in [4.69, 9.17) is 14.2 Å². The minimum Gasteiger partial charge on any atom is -0.394 e. The van der Waals surface area contributed by atoms with Crippen LogP contribution in [0.25, 0.3) is 0 Å². The van der Waals surface area contributed by atoms with E-state index in [1.807, 2.05) is 0 Å². The first-order valence-corrected chi connectivity index (χ1v) is 10.3. The fourth-order valence-corrected chi connectivity index (χ4v) is 3.57. The minimum absolute atomic E-state index is 0.0678. The monoisotopic (exact) mass is 405 g/mol. The molecule has 0 aromatic rings. The summed E-state index contributed by atoms with van der Waals surface area (Å²) in [5.41, 5.74) is 0. The van der Waals surface area contributed by atoms with Gasteiger partial charge >= 0.3 is 0 Å². The van der Waals surface area contributed by atoms with Gasteiger partial charge in [0, 0.05) is 52.0 Å². The summed E-state index contributed by atoms with van der Waals surface area (Å²) in [6.45, 7) is 2.16. The first-order chi connectivity index (χ1) is 13.5. The predicted octanol–water partition coefficient (Wildman–Crippen LogP) is -1.10. The highest BCUT2D eigenvalue weighted by atomic mass is 16.5. The van der Waals surface area contributed by atoms with Crippen molar-refractivity contribution in [3.63, 3.8) is 0 Å². The Hall–Kier alpha value is -0.810. The zero-order valence-electron chi connectivity index (χ0n) is 16.4. The molecule has 0 saturated carbocycles. The van der Waals surface area contributed by atoms with Gasteiger partial charge < -0.3 is 39.5 Å². The molecule has 2 aliphatic heterocycles. The highest BCUT2D eigenvalue weighted by molar-refractivity contribution is 5.79. The normalized spacial score (nSPS) is 31.1. The smallest absolute Gasteiger partial charge is 0.225 e. The van der Waals surface area contributed by atoms with Crippen LogP contribution in [-0.2, 0) is 19.0 Å². The maximum atomic E-state index is 12.9. The molecule has 0 unspecified atom stereocenters. The highest BCUT2D eigenvalue weighted by Gasteiger charge is 2.35. The SMILES string of the molecule is O=C(C1CCOCC1)N1CCCOCCCCO[C@H]([C@H](O)CO)[C@H](O)[C@H](O)C1. The van der Waals surface area contributed by atoms with Gasteiger partial charge in [0.1, 0.15) is 24.4 Å². The van der Waals surface area contributed by atoms with Crippen molar-refractivity contribution < 1.29 is 39.4 Å². The van der Waals surface area contributed by atoms with Gasteiger partial charge in [0.25, 0.3) is 0 Å². The number of rotatable bonds is 3. The first-order valence-electron chi connectivity index (χ1n) is 10.3. The van der Waals surface area contributed by atoms with E-state index in [0.717, 1.165) is 6.42 Å². The Morgan fingerprint density at radius 2 is 1.64 bits per heavy atom. The Labute approximate surface area is 166 Å². The molecule has 4 N–H and O–H groups in total. The molecule has 9 heteroatoms. The van der Waals surface area contributed by atoms with Crippen LogP contribution < -0.4 is 0 Å². The fraction of sp³-hybridized carbons (Fsp3) is 0.947. The van der Waals surface area contributed by atoms with Gasteiger partial charge in [0.05, 0.1) is 6.61 Å². The largest absolute Gasteiger partial charge is 0.394 e. The highest BCUT2D eigenvalue weighted by Crippen LogP contribution is 2.19. The van der Waals surface area contributed by atoms with Gasteiger partial charge in [-0.3, -0.25) is 4.79 Å². The Bertz CT molecular complexity index is 446. The summed E-state index contributed by atoms with van der Waals surface area (Å²) in [4.78, 5) is 14.5. The first kappa shape index (κ1) is 23.5. The fourth-order valence-electron chi connectivity index (χ4n) is 3.57. The standard InChI is InChI=1S/C19H35NO8/c21-13-16(23)18-17(24)15(22)12-20(19(25)14-4-10-27-11-5-14)6-3-8-26-7-1-2-9-28-18/h14-18,21-24H,1-13H2/t15-,16-,17-,18-/m1/s1. The zero-order valence-corrected chi connectivity index (χ0v) is 16.4. The minimum atomic E-state index is -1.42. The number of carbonyl (C=O) groups excluding carboxylic acids is 1. The number of carbonyl (C=O) groups is 1. The van der Waals surface area contributed by atoms with E-state index in [0.29, 0.717) is 58.7 Å². The van der Waals surface area contributed by atoms with Crippen molar-refractivity contribution in [3.05, 3.63) is 0 Å². The molecule has 0 aromatic carbocycles. The number of ether oxygens (including phenoxy) is 3. The zero-order chi connectivity index (χ0) is 20.4. The number of β-amino-alcohol motifs (C(OH)–C–C–N with tert-alkyl or cyclic N) is 1. The lowest BCUT2D eigenvalue weighted by Crippen LogP contribution is -2.52. The molecule has 1 amide bonds. The van der Waals surface area contributed by atoms with E-state index < -0.39 is 31.0 Å². The molecule has 0 spiro atoms. The summed E-state index contributed by atoms with van der Waals surface area (Å²) in [6, 6.07) is 0. The maximum Gasteiger partial charge on any atom is 0.225 e. The summed E-state index contributed by atoms with van der Waals surface area (Å²) in [7, 11) is 0. The topological polar surface area (TPSA) is 129 Å². The van der Waals surface area contributed by atoms with Crippen LogP contribution in [0.4, 0.5) is 0 Å². The molecule has 0 aromatic heterocycles. The van der Waals surface area contributed by atoms with Gasteiger partial charge in [-0.2, -0.15) is 0 Å². The third-order valence-corrected chi connectivity index (χ3v) is 5.30. The Morgan fingerprint density at radius 1 is 1.00 bits per heavy atom. The second-order valence-corrected chi connectivity index (χ2v) is 7.49. The summed E-state index contributed by atoms with van der Waals surface area (Å²) < 4.78 is 16.4. The number of hydrogen-bond acceptors (Lipinski definition) is 8. The molecular weight excluding hydrogens is 370 g/mol. The molecule has 2 heterocycles. The third kappa shape index (κ3) is 7.22. The number of nitrogens with zero attached hydrogens (tertiary/aromatic N) is 1. The number of aliphatic hydroxyl groups is 4. The van der Waals surface area contributed by atoms with Gasteiger partial charge in [-0.1, -0.05) is 0 Å². The van der Waals surface area contributed by atoms with Crippen LogP contribution in [0.15, 0.2) is 0 Å². The third-order valence-electron chi connectivity index (χ3n) is 5.30. The summed E-state index contributed by atoms with van der Waals surface area (Å²) in [6.07, 6.45) is -1.85. The van der Waals surface area contributed by atoms with E-state index in [-0.39, 0.29) is 25.0 Å². The second kappa shape index (κ2) is 12.7. The van der Waals surface area contributed by atoms with Crippen molar-refractivity contribution in [1.29, 1.82) is 0 Å². The molecule has 0 bridgehead atoms. The molecule has 0 aliphatic carbocycles. The van der Waals surface area contributed by atoms with E-state index in [9.17, 15) is 25.2 Å². The Balaban J connectivity index is 2.08. The molecule has 28 heavy (non-hydrogen) atoms. The van der Waals surface area contributed by atoms with Gasteiger partial charge in [0.15, 0.2) is 0 Å². The van der Waals surface area contributed by atoms with Crippen LogP contribution in [0.3, 0.4) is 0 Å². The number of hydrogen-bond donors (Lipinski definition) is 4. The average molecular weight is 405 g/mol. The second-order valence-electron chi connectivity index (χ2n) is 7.49. The Kier molecular flexibility index (Phi) is 10.6. The molecule has 2 saturated heterocycles. The Morgan fingerprint density at radius 3 is 2.36 bits per heavy atom. The van der Waals surface area contributed by atoms with E-state index in [1.54, 1.807) is 4.90 Å². The lowest BCUT2D eigenvalue weighted by atomic mass is 9.97. The lowest BCUT2D eigenvalue weighted by molar-refractivity contribution is -0.155. The van der Waals surface area contributed by atoms with Crippen LogP contribution >= 0.6 is 0 Å². The van der Waals surface area contributed by atoms with Crippen molar-refractivity contribution in [2.24, 2.45) is 5.92 Å². The average Bonchev–Trinajstić information content (AvgIpc) is 2.72. The van der Waals surface area contributed by atoms with Crippen molar-refractivity contribution in [2.45, 2.75) is 56.5 Å². The van der Waals surface area contributed by atoms with Crippen LogP contribution in [0, 0.1) is 5.92 Å². The number of aliphatic hydroxyl groups excluding tert-OH is 4. The molecule has 164 valence electrons. The van der Waals surface area contributed by atoms with Crippen LogP contribution in [0.1, 0.15) is 32.1 Å². The van der Waals surface area contributed by atoms with Crippen LogP contribution in [0.5, 0.6) is 0 Å². The van der Waals surface area contributed by atoms with E-state index >= 15 is 0 Å². The molecule has 4 atom stereocenters. The van der Waals surface area contributed by atoms with Gasteiger partial charge in [-0.15, -0.1) is 0 Å².